The summed E-state index contributed by atoms with van der Waals surface area (Å²) in [7, 11) is 1.67. The number of carbonyl (C=O) groups excluding carboxylic acids is 1. The van der Waals surface area contributed by atoms with Crippen molar-refractivity contribution in [2.45, 2.75) is 40.0 Å². The first kappa shape index (κ1) is 18.7. The number of halogens is 2. The maximum Gasteiger partial charge on any atom is 0.387 e. The van der Waals surface area contributed by atoms with E-state index in [2.05, 4.69) is 15.2 Å². The van der Waals surface area contributed by atoms with Crippen LogP contribution in [0.2, 0.25) is 0 Å². The fourth-order valence-electron chi connectivity index (χ4n) is 2.35. The summed E-state index contributed by atoms with van der Waals surface area (Å²) in [6.07, 6.45) is 0. The Morgan fingerprint density at radius 2 is 1.96 bits per heavy atom. The van der Waals surface area contributed by atoms with E-state index in [4.69, 9.17) is 4.52 Å². The normalized spacial score (nSPS) is 12.1. The molecular formula is C17H21F2N3O3. The second-order valence-electron chi connectivity index (χ2n) is 5.78. The lowest BCUT2D eigenvalue weighted by Crippen LogP contribution is -2.38. The fourth-order valence-corrected chi connectivity index (χ4v) is 2.35. The number of alkyl halides is 2. The Hall–Kier alpha value is -2.64. The largest absolute Gasteiger partial charge is 0.435 e. The van der Waals surface area contributed by atoms with E-state index in [1.807, 2.05) is 13.8 Å². The second-order valence-corrected chi connectivity index (χ2v) is 5.78. The molecule has 25 heavy (non-hydrogen) atoms. The lowest BCUT2D eigenvalue weighted by Gasteiger charge is -2.21. The van der Waals surface area contributed by atoms with E-state index in [0.29, 0.717) is 12.3 Å². The minimum atomic E-state index is -2.86. The van der Waals surface area contributed by atoms with Crippen LogP contribution in [0.4, 0.5) is 13.6 Å². The van der Waals surface area contributed by atoms with Crippen molar-refractivity contribution >= 4 is 6.03 Å². The quantitative estimate of drug-likeness (QED) is 0.858. The number of amides is 2. The standard InChI is InChI=1S/C17H21F2N3O3/c1-10(13-5-7-14(8-6-13)24-16(18)19)20-17(23)22(4)9-15-11(2)21-25-12(15)3/h5-8,10,16H,9H2,1-4H3,(H,20,23). The van der Waals surface area contributed by atoms with Crippen LogP contribution in [0, 0.1) is 13.8 Å². The van der Waals surface area contributed by atoms with Crippen molar-refractivity contribution in [3.05, 3.63) is 46.8 Å². The molecule has 0 saturated carbocycles. The number of aromatic nitrogens is 1. The Labute approximate surface area is 144 Å². The Morgan fingerprint density at radius 3 is 2.48 bits per heavy atom. The maximum atomic E-state index is 12.3. The average molecular weight is 353 g/mol. The molecule has 2 amide bonds. The van der Waals surface area contributed by atoms with Crippen LogP contribution in [0.5, 0.6) is 5.75 Å². The molecule has 2 aromatic rings. The highest BCUT2D eigenvalue weighted by atomic mass is 19.3. The summed E-state index contributed by atoms with van der Waals surface area (Å²) in [5.74, 6) is 0.757. The maximum absolute atomic E-state index is 12.3. The van der Waals surface area contributed by atoms with Crippen molar-refractivity contribution in [1.29, 1.82) is 0 Å². The van der Waals surface area contributed by atoms with Crippen LogP contribution in [-0.2, 0) is 6.54 Å². The Balaban J connectivity index is 1.94. The molecule has 136 valence electrons. The first-order valence-electron chi connectivity index (χ1n) is 7.76. The topological polar surface area (TPSA) is 67.6 Å². The van der Waals surface area contributed by atoms with Crippen molar-refractivity contribution in [1.82, 2.24) is 15.4 Å². The molecule has 1 aromatic heterocycles. The van der Waals surface area contributed by atoms with E-state index in [0.717, 1.165) is 16.8 Å². The summed E-state index contributed by atoms with van der Waals surface area (Å²) in [5, 5.41) is 6.72. The zero-order valence-corrected chi connectivity index (χ0v) is 14.5. The van der Waals surface area contributed by atoms with Gasteiger partial charge in [-0.25, -0.2) is 4.79 Å². The van der Waals surface area contributed by atoms with E-state index < -0.39 is 6.61 Å². The predicted octanol–water partition coefficient (Wildman–Crippen LogP) is 3.80. The van der Waals surface area contributed by atoms with Crippen LogP contribution >= 0.6 is 0 Å². The summed E-state index contributed by atoms with van der Waals surface area (Å²) in [5.41, 5.74) is 2.40. The van der Waals surface area contributed by atoms with Crippen molar-refractivity contribution in [2.24, 2.45) is 0 Å². The van der Waals surface area contributed by atoms with Crippen LogP contribution in [0.15, 0.2) is 28.8 Å². The molecule has 0 aliphatic rings. The van der Waals surface area contributed by atoms with E-state index >= 15 is 0 Å². The van der Waals surface area contributed by atoms with Gasteiger partial charge in [-0.2, -0.15) is 8.78 Å². The first-order valence-corrected chi connectivity index (χ1v) is 7.76. The number of ether oxygens (including phenoxy) is 1. The molecule has 0 spiro atoms. The summed E-state index contributed by atoms with van der Waals surface area (Å²) in [6.45, 7) is 2.95. The molecule has 0 radical (unpaired) electrons. The molecule has 0 saturated heterocycles. The van der Waals surface area contributed by atoms with Crippen LogP contribution in [0.3, 0.4) is 0 Å². The SMILES string of the molecule is Cc1noc(C)c1CN(C)C(=O)NC(C)c1ccc(OC(F)F)cc1. The second kappa shape index (κ2) is 7.96. The molecule has 6 nitrogen and oxygen atoms in total. The minimum Gasteiger partial charge on any atom is -0.435 e. The highest BCUT2D eigenvalue weighted by molar-refractivity contribution is 5.74. The van der Waals surface area contributed by atoms with Crippen LogP contribution < -0.4 is 10.1 Å². The van der Waals surface area contributed by atoms with E-state index in [1.165, 1.54) is 17.0 Å². The van der Waals surface area contributed by atoms with Gasteiger partial charge in [0, 0.05) is 12.6 Å². The summed E-state index contributed by atoms with van der Waals surface area (Å²) in [4.78, 5) is 13.9. The van der Waals surface area contributed by atoms with Gasteiger partial charge in [0.2, 0.25) is 0 Å². The number of nitrogens with zero attached hydrogens (tertiary/aromatic N) is 2. The van der Waals surface area contributed by atoms with Gasteiger partial charge in [0.05, 0.1) is 18.3 Å². The first-order chi connectivity index (χ1) is 11.8. The lowest BCUT2D eigenvalue weighted by molar-refractivity contribution is -0.0498. The molecule has 0 fully saturated rings. The van der Waals surface area contributed by atoms with Crippen molar-refractivity contribution in [3.63, 3.8) is 0 Å². The molecule has 8 heteroatoms. The number of hydrogen-bond acceptors (Lipinski definition) is 4. The summed E-state index contributed by atoms with van der Waals surface area (Å²) in [6, 6.07) is 5.60. The number of urea groups is 1. The summed E-state index contributed by atoms with van der Waals surface area (Å²) >= 11 is 0. The molecule has 1 unspecified atom stereocenters. The van der Waals surface area contributed by atoms with E-state index in [1.54, 1.807) is 26.1 Å². The molecule has 0 bridgehead atoms. The van der Waals surface area contributed by atoms with Gasteiger partial charge >= 0.3 is 12.6 Å². The highest BCUT2D eigenvalue weighted by Crippen LogP contribution is 2.20. The van der Waals surface area contributed by atoms with Crippen LogP contribution in [0.1, 0.15) is 35.5 Å². The number of rotatable bonds is 6. The molecule has 1 aromatic carbocycles. The van der Waals surface area contributed by atoms with Crippen molar-refractivity contribution < 1.29 is 22.8 Å². The van der Waals surface area contributed by atoms with Gasteiger partial charge < -0.3 is 19.5 Å². The number of aryl methyl sites for hydroxylation is 2. The van der Waals surface area contributed by atoms with Gasteiger partial charge in [-0.15, -0.1) is 0 Å². The summed E-state index contributed by atoms with van der Waals surface area (Å²) < 4.78 is 33.7. The molecular weight excluding hydrogens is 332 g/mol. The molecule has 0 aliphatic carbocycles. The third-order valence-electron chi connectivity index (χ3n) is 3.87. The molecule has 1 atom stereocenters. The number of carbonyl (C=O) groups is 1. The average Bonchev–Trinajstić information content (AvgIpc) is 2.86. The van der Waals surface area contributed by atoms with Crippen molar-refractivity contribution in [2.75, 3.05) is 7.05 Å². The van der Waals surface area contributed by atoms with E-state index in [9.17, 15) is 13.6 Å². The molecule has 1 heterocycles. The third-order valence-corrected chi connectivity index (χ3v) is 3.87. The van der Waals surface area contributed by atoms with E-state index in [-0.39, 0.29) is 17.8 Å². The van der Waals surface area contributed by atoms with Crippen molar-refractivity contribution in [3.8, 4) is 5.75 Å². The zero-order valence-electron chi connectivity index (χ0n) is 14.5. The van der Waals surface area contributed by atoms with Crippen LogP contribution in [-0.4, -0.2) is 29.7 Å². The van der Waals surface area contributed by atoms with Gasteiger partial charge in [0.15, 0.2) is 0 Å². The monoisotopic (exact) mass is 353 g/mol. The zero-order chi connectivity index (χ0) is 18.6. The number of nitrogens with one attached hydrogen (secondary N) is 1. The van der Waals surface area contributed by atoms with Gasteiger partial charge in [-0.3, -0.25) is 0 Å². The van der Waals surface area contributed by atoms with Crippen LogP contribution in [0.25, 0.3) is 0 Å². The Morgan fingerprint density at radius 1 is 1.32 bits per heavy atom. The predicted molar refractivity (Wildman–Crippen MR) is 87.5 cm³/mol. The number of benzene rings is 1. The van der Waals surface area contributed by atoms with Gasteiger partial charge in [0.25, 0.3) is 0 Å². The molecule has 1 N–H and O–H groups in total. The fraction of sp³-hybridized carbons (Fsp3) is 0.412. The van der Waals surface area contributed by atoms with Gasteiger partial charge in [-0.05, 0) is 38.5 Å². The third kappa shape index (κ3) is 4.91. The smallest absolute Gasteiger partial charge is 0.387 e. The lowest BCUT2D eigenvalue weighted by atomic mass is 10.1. The Kier molecular flexibility index (Phi) is 5.95. The number of hydrogen-bond donors (Lipinski definition) is 1. The minimum absolute atomic E-state index is 0.0767. The van der Waals surface area contributed by atoms with Gasteiger partial charge in [0.1, 0.15) is 11.5 Å². The molecule has 0 aliphatic heterocycles. The van der Waals surface area contributed by atoms with Gasteiger partial charge in [-0.1, -0.05) is 17.3 Å². The highest BCUT2D eigenvalue weighted by Gasteiger charge is 2.17. The molecule has 2 rings (SSSR count). The Bertz CT molecular complexity index is 697.